The number of ketones is 1. The maximum Gasteiger partial charge on any atom is 0.349 e. The zero-order valence-electron chi connectivity index (χ0n) is 71.8. The highest BCUT2D eigenvalue weighted by Crippen LogP contribution is 2.15. The summed E-state index contributed by atoms with van der Waals surface area (Å²) in [7, 11) is 0. The molecule has 8 aromatic rings. The number of hydrogen-bond donors (Lipinski definition) is 14. The Morgan fingerprint density at radius 2 is 0.606 bits per heavy atom. The van der Waals surface area contributed by atoms with Gasteiger partial charge in [-0.2, -0.15) is 19.9 Å². The lowest BCUT2D eigenvalue weighted by Crippen LogP contribution is -2.50. The molecule has 132 heavy (non-hydrogen) atoms. The predicted molar refractivity (Wildman–Crippen MR) is 462 cm³/mol. The molecule has 0 spiro atoms. The van der Waals surface area contributed by atoms with Gasteiger partial charge < -0.3 is 105 Å². The normalized spacial score (nSPS) is 10.9. The molecule has 13 amide bonds. The number of imidazole rings is 1. The summed E-state index contributed by atoms with van der Waals surface area (Å²) in [6.07, 6.45) is 9.30. The summed E-state index contributed by atoms with van der Waals surface area (Å²) in [4.78, 5) is 331. The van der Waals surface area contributed by atoms with Crippen molar-refractivity contribution < 1.29 is 67.1 Å². The van der Waals surface area contributed by atoms with Crippen molar-refractivity contribution in [2.24, 2.45) is 5.73 Å². The van der Waals surface area contributed by atoms with Gasteiger partial charge in [0, 0.05) is 146 Å². The summed E-state index contributed by atoms with van der Waals surface area (Å²) in [5, 5.41) is 15.2. The van der Waals surface area contributed by atoms with Crippen LogP contribution in [0.3, 0.4) is 0 Å². The van der Waals surface area contributed by atoms with Crippen LogP contribution < -0.4 is 112 Å². The van der Waals surface area contributed by atoms with Crippen LogP contribution in [-0.4, -0.2) is 331 Å². The number of nitrogens with two attached hydrogens (primary N) is 6. The minimum atomic E-state index is -1.02. The van der Waals surface area contributed by atoms with Gasteiger partial charge in [0.1, 0.15) is 80.9 Å². The fraction of sp³-hybridized carbons (Fsp3) is 0.427. The number of aromatic amines is 2. The van der Waals surface area contributed by atoms with E-state index in [9.17, 15) is 105 Å². The third-order valence-electron chi connectivity index (χ3n) is 19.4. The Balaban J connectivity index is 0.929. The van der Waals surface area contributed by atoms with E-state index in [1.807, 2.05) is 0 Å². The third-order valence-corrected chi connectivity index (χ3v) is 19.4. The largest absolute Gasteiger partial charge is 0.383 e. The van der Waals surface area contributed by atoms with Crippen molar-refractivity contribution in [3.63, 3.8) is 0 Å². The van der Waals surface area contributed by atoms with Gasteiger partial charge in [0.25, 0.3) is 11.1 Å². The van der Waals surface area contributed by atoms with Crippen LogP contribution in [0.5, 0.6) is 0 Å². The van der Waals surface area contributed by atoms with Crippen molar-refractivity contribution in [2.45, 2.75) is 73.0 Å². The molecule has 0 fully saturated rings. The van der Waals surface area contributed by atoms with Crippen molar-refractivity contribution >= 4 is 123 Å². The first-order valence-corrected chi connectivity index (χ1v) is 40.4. The molecule has 20 N–H and O–H groups in total. The van der Waals surface area contributed by atoms with Crippen molar-refractivity contribution in [3.05, 3.63) is 169 Å². The number of carbonyl (C=O) groups is 14. The van der Waals surface area contributed by atoms with E-state index in [1.165, 1.54) is 67.6 Å². The van der Waals surface area contributed by atoms with Crippen LogP contribution in [0.25, 0.3) is 11.2 Å². The second-order valence-electron chi connectivity index (χ2n) is 29.2. The van der Waals surface area contributed by atoms with Crippen molar-refractivity contribution in [2.75, 3.05) is 166 Å². The number of aryl methyl sites for hydroxylation is 2. The molecule has 0 aliphatic heterocycles. The number of Topliss-reactive ketones (excluding diaryl/α,β-unsaturated/α-hetero) is 1. The Morgan fingerprint density at radius 1 is 0.348 bits per heavy atom. The summed E-state index contributed by atoms with van der Waals surface area (Å²) in [5.74, 6) is -12.2. The van der Waals surface area contributed by atoms with Gasteiger partial charge in [0.05, 0.1) is 52.1 Å². The standard InChI is InChI=1S/C75H99N35O22/c1-4-47(111)29-98(62(122)40-108-27-45(2)68(125)95-74(108)131)21-10-82-57(117)35-103(64(124)42-110-44-90-65-66(81)88-43-89-67(65)110)26-15-87-56(116)34-102(63(123)41-109-28-46(3)69(126)96-75(109)132)25-14-86-55(115)33-101(61(121)39-107-19-8-51(80)94-73(107)130)24-13-85-54(114)32-100(60(120)38-106-18-7-50(79)93-72(106)129)23-12-84-53(113)31-99(59(119)37-105-17-6-49(78)92-71(105)128)22-11-83-52(112)30-97(20-9-76)58(118)36-104-16-5-48(77)91-70(104)127/h5-8,16-19,27-28,43-44H,4,9-15,20-26,29-42,76H2,1-3H3,(H,82,117)(H,83,112)(H,84,113)(H,85,114)(H,86,115)(H,87,116)(H2,77,91,127)(H2,78,92,128)(H2,79,93,129)(H2,80,94,130)(H2,81,88,89)(H,95,125,131)(H,96,126,132). The zero-order valence-corrected chi connectivity index (χ0v) is 71.8. The number of fused-ring (bicyclic) bond motifs is 1. The van der Waals surface area contributed by atoms with Crippen LogP contribution >= 0.6 is 0 Å². The summed E-state index contributed by atoms with van der Waals surface area (Å²) in [5.41, 5.74) is 27.6. The molecule has 8 heterocycles. The molecule has 0 radical (unpaired) electrons. The zero-order chi connectivity index (χ0) is 96.6. The average Bonchev–Trinajstić information content (AvgIpc) is 1.67. The molecule has 0 aromatic carbocycles. The molecule has 57 nitrogen and oxygen atoms in total. The number of amides is 13. The fourth-order valence-corrected chi connectivity index (χ4v) is 12.3. The Kier molecular flexibility index (Phi) is 36.7. The first-order chi connectivity index (χ1) is 62.7. The second kappa shape index (κ2) is 48.2. The molecule has 0 bridgehead atoms. The molecule has 0 unspecified atom stereocenters. The summed E-state index contributed by atoms with van der Waals surface area (Å²) in [6, 6.07) is 4.91. The first kappa shape index (κ1) is 101. The van der Waals surface area contributed by atoms with E-state index in [1.54, 1.807) is 6.92 Å². The highest BCUT2D eigenvalue weighted by Gasteiger charge is 2.29. The van der Waals surface area contributed by atoms with Gasteiger partial charge in [-0.1, -0.05) is 6.92 Å². The van der Waals surface area contributed by atoms with Gasteiger partial charge in [-0.15, -0.1) is 0 Å². The molecular formula is C75H99N35O22. The number of nitrogens with one attached hydrogen (secondary N) is 8. The summed E-state index contributed by atoms with van der Waals surface area (Å²) in [6.45, 7) is -10.7. The molecule has 0 aliphatic carbocycles. The molecule has 0 saturated heterocycles. The van der Waals surface area contributed by atoms with Gasteiger partial charge in [0.15, 0.2) is 17.2 Å². The summed E-state index contributed by atoms with van der Waals surface area (Å²) >= 11 is 0. The lowest BCUT2D eigenvalue weighted by atomic mass is 10.2. The van der Waals surface area contributed by atoms with Gasteiger partial charge in [-0.3, -0.25) is 114 Å². The van der Waals surface area contributed by atoms with Crippen LogP contribution in [0.15, 0.2) is 112 Å². The van der Waals surface area contributed by atoms with E-state index < -0.39 is 273 Å². The molecular weight excluding hydrogens is 1740 g/mol. The Hall–Kier alpha value is -16.8. The van der Waals surface area contributed by atoms with Gasteiger partial charge >= 0.3 is 34.1 Å². The van der Waals surface area contributed by atoms with E-state index in [0.29, 0.717) is 0 Å². The van der Waals surface area contributed by atoms with Crippen molar-refractivity contribution in [1.82, 2.24) is 143 Å². The highest BCUT2D eigenvalue weighted by atomic mass is 16.2. The highest BCUT2D eigenvalue weighted by molar-refractivity contribution is 5.91. The number of anilines is 5. The van der Waals surface area contributed by atoms with Crippen LogP contribution in [0.2, 0.25) is 0 Å². The van der Waals surface area contributed by atoms with Crippen LogP contribution in [0, 0.1) is 13.8 Å². The number of H-pyrrole nitrogens is 2. The minimum Gasteiger partial charge on any atom is -0.383 e. The average molecular weight is 1840 g/mol. The number of carbonyl (C=O) groups excluding carboxylic acids is 14. The van der Waals surface area contributed by atoms with Gasteiger partial charge in [0.2, 0.25) is 76.8 Å². The SMILES string of the molecule is CCC(=O)CN(CCNC(=O)CN(CCNC(=O)CN(CCNC(=O)CN(CCNC(=O)CN(CCNC(=O)CN(CCNC(=O)CN(CCN)C(=O)Cn1ccc(N)nc1=O)C(=O)Cn1ccc(N)nc1=O)C(=O)Cn1ccc(N)nc1=O)C(=O)Cn1ccc(N)nc1=O)C(=O)Cn1cc(C)c(=O)[nH]c1=O)C(=O)Cn1cnc2c(N)ncnc21)C(=O)Cn1cc(C)c(=O)[nH]c1=O. The molecule has 0 atom stereocenters. The number of rotatable bonds is 49. The summed E-state index contributed by atoms with van der Waals surface area (Å²) < 4.78 is 6.61. The van der Waals surface area contributed by atoms with Crippen molar-refractivity contribution in [1.29, 1.82) is 0 Å². The lowest BCUT2D eigenvalue weighted by molar-refractivity contribution is -0.138. The van der Waals surface area contributed by atoms with Crippen LogP contribution in [0.4, 0.5) is 29.1 Å². The fourth-order valence-electron chi connectivity index (χ4n) is 12.3. The first-order valence-electron chi connectivity index (χ1n) is 40.4. The van der Waals surface area contributed by atoms with Crippen LogP contribution in [-0.2, 0) is 113 Å². The Morgan fingerprint density at radius 3 is 0.871 bits per heavy atom. The van der Waals surface area contributed by atoms with E-state index in [0.717, 1.165) is 86.6 Å². The number of aromatic nitrogens is 16. The third kappa shape index (κ3) is 30.8. The van der Waals surface area contributed by atoms with E-state index in [2.05, 4.69) is 76.8 Å². The maximum atomic E-state index is 14.2. The van der Waals surface area contributed by atoms with E-state index in [-0.39, 0.29) is 96.3 Å². The molecule has 57 heteroatoms. The minimum absolute atomic E-state index is 0.00873. The smallest absolute Gasteiger partial charge is 0.349 e. The number of hydrogen-bond acceptors (Lipinski definition) is 35. The number of nitrogens with zero attached hydrogens (tertiary/aromatic N) is 21. The van der Waals surface area contributed by atoms with Crippen molar-refractivity contribution in [3.8, 4) is 0 Å². The topological polar surface area (TPSA) is 783 Å². The monoisotopic (exact) mass is 1840 g/mol. The molecule has 0 saturated carbocycles. The lowest BCUT2D eigenvalue weighted by Gasteiger charge is -2.26. The molecule has 8 aromatic heterocycles. The Bertz CT molecular complexity index is 6150. The second-order valence-corrected chi connectivity index (χ2v) is 29.2. The van der Waals surface area contributed by atoms with Gasteiger partial charge in [-0.25, -0.2) is 43.7 Å². The predicted octanol–water partition coefficient (Wildman–Crippen LogP) is -14.1. The van der Waals surface area contributed by atoms with Gasteiger partial charge in [-0.05, 0) is 38.1 Å². The quantitative estimate of drug-likeness (QED) is 0.0168. The van der Waals surface area contributed by atoms with E-state index in [4.69, 9.17) is 34.4 Å². The van der Waals surface area contributed by atoms with E-state index >= 15 is 0 Å². The Labute approximate surface area is 743 Å². The molecule has 0 aliphatic rings. The van der Waals surface area contributed by atoms with Crippen LogP contribution in [0.1, 0.15) is 24.5 Å². The molecule has 706 valence electrons. The molecule has 8 rings (SSSR count). The maximum absolute atomic E-state index is 14.2. The number of nitrogen functional groups attached to an aromatic ring is 5.